The molecule has 26 heavy (non-hydrogen) atoms. The van der Waals surface area contributed by atoms with Crippen molar-refractivity contribution in [2.75, 3.05) is 13.2 Å². The van der Waals surface area contributed by atoms with Crippen molar-refractivity contribution in [3.63, 3.8) is 0 Å². The Kier molecular flexibility index (Phi) is 6.64. The Labute approximate surface area is 155 Å². The predicted octanol–water partition coefficient (Wildman–Crippen LogP) is 2.70. The van der Waals surface area contributed by atoms with E-state index >= 15 is 0 Å². The molecule has 2 aliphatic rings. The van der Waals surface area contributed by atoms with Crippen molar-refractivity contribution >= 4 is 5.91 Å². The van der Waals surface area contributed by atoms with Crippen LogP contribution in [0.2, 0.25) is 0 Å². The molecule has 7 nitrogen and oxygen atoms in total. The fourth-order valence-corrected chi connectivity index (χ4v) is 4.01. The molecule has 2 fully saturated rings. The van der Waals surface area contributed by atoms with E-state index in [0.717, 1.165) is 57.6 Å². The molecule has 1 saturated carbocycles. The van der Waals surface area contributed by atoms with Crippen molar-refractivity contribution in [1.82, 2.24) is 20.8 Å². The van der Waals surface area contributed by atoms with Crippen molar-refractivity contribution in [2.45, 2.75) is 83.3 Å². The first-order chi connectivity index (χ1) is 12.5. The number of rotatable bonds is 6. The second-order valence-electron chi connectivity index (χ2n) is 7.99. The second kappa shape index (κ2) is 8.95. The average Bonchev–Trinajstić information content (AvgIpc) is 3.11. The third-order valence-electron chi connectivity index (χ3n) is 5.53. The molecule has 0 aromatic carbocycles. The number of nitrogens with zero attached hydrogens (tertiary/aromatic N) is 2. The number of hydrogen-bond acceptors (Lipinski definition) is 6. The van der Waals surface area contributed by atoms with E-state index in [-0.39, 0.29) is 17.9 Å². The van der Waals surface area contributed by atoms with Gasteiger partial charge in [0, 0.05) is 38.1 Å². The summed E-state index contributed by atoms with van der Waals surface area (Å²) in [6.07, 6.45) is 6.15. The summed E-state index contributed by atoms with van der Waals surface area (Å²) in [7, 11) is 0. The van der Waals surface area contributed by atoms with Gasteiger partial charge < -0.3 is 19.9 Å². The molecule has 1 atom stereocenters. The molecule has 0 spiro atoms. The van der Waals surface area contributed by atoms with Crippen LogP contribution in [0, 0.1) is 5.92 Å². The van der Waals surface area contributed by atoms with E-state index in [1.54, 1.807) is 6.92 Å². The van der Waals surface area contributed by atoms with Crippen LogP contribution in [-0.4, -0.2) is 41.3 Å². The molecule has 0 radical (unpaired) electrons. The Bertz CT molecular complexity index is 575. The Morgan fingerprint density at radius 2 is 1.73 bits per heavy atom. The Morgan fingerprint density at radius 3 is 2.31 bits per heavy atom. The summed E-state index contributed by atoms with van der Waals surface area (Å²) in [6, 6.07) is 0.812. The summed E-state index contributed by atoms with van der Waals surface area (Å²) in [5.74, 6) is 2.26. The minimum atomic E-state index is 0.0635. The normalized spacial score (nSPS) is 26.0. The highest BCUT2D eigenvalue weighted by molar-refractivity contribution is 5.73. The van der Waals surface area contributed by atoms with Crippen molar-refractivity contribution in [3.8, 4) is 0 Å². The molecule has 2 heterocycles. The monoisotopic (exact) mass is 364 g/mol. The molecule has 2 N–H and O–H groups in total. The first kappa shape index (κ1) is 19.3. The smallest absolute Gasteiger partial charge is 0.244 e. The van der Waals surface area contributed by atoms with Crippen molar-refractivity contribution in [2.24, 2.45) is 5.92 Å². The van der Waals surface area contributed by atoms with Crippen molar-refractivity contribution in [1.29, 1.82) is 0 Å². The topological polar surface area (TPSA) is 89.3 Å². The van der Waals surface area contributed by atoms with Gasteiger partial charge in [0.05, 0.1) is 6.04 Å². The molecule has 1 aliphatic carbocycles. The van der Waals surface area contributed by atoms with Crippen LogP contribution < -0.4 is 10.6 Å². The largest absolute Gasteiger partial charge is 0.381 e. The van der Waals surface area contributed by atoms with E-state index < -0.39 is 0 Å². The highest BCUT2D eigenvalue weighted by Gasteiger charge is 2.33. The summed E-state index contributed by atoms with van der Waals surface area (Å²) in [6.45, 7) is 7.34. The van der Waals surface area contributed by atoms with Gasteiger partial charge >= 0.3 is 0 Å². The first-order valence-electron chi connectivity index (χ1n) is 9.97. The summed E-state index contributed by atoms with van der Waals surface area (Å²) in [4.78, 5) is 15.9. The molecular weight excluding hydrogens is 332 g/mol. The third-order valence-corrected chi connectivity index (χ3v) is 5.53. The standard InChI is InChI=1S/C19H32N4O3/c1-12(2)18-22-19(26-23-18)17(14-8-10-25-11-9-14)21-16-6-4-15(5-7-16)20-13(3)24/h12,14-17,21H,4-11H2,1-3H3,(H,20,24)/t15?,16?,17-/m0/s1. The lowest BCUT2D eigenvalue weighted by atomic mass is 9.87. The van der Waals surface area contributed by atoms with Gasteiger partial charge in [-0.25, -0.2) is 0 Å². The summed E-state index contributed by atoms with van der Waals surface area (Å²) >= 11 is 0. The van der Waals surface area contributed by atoms with E-state index in [2.05, 4.69) is 34.6 Å². The lowest BCUT2D eigenvalue weighted by Gasteiger charge is -2.35. The maximum atomic E-state index is 11.3. The highest BCUT2D eigenvalue weighted by Crippen LogP contribution is 2.32. The molecule has 1 aromatic heterocycles. The number of aromatic nitrogens is 2. The van der Waals surface area contributed by atoms with Gasteiger partial charge in [-0.3, -0.25) is 4.79 Å². The number of carbonyl (C=O) groups is 1. The minimum absolute atomic E-state index is 0.0635. The quantitative estimate of drug-likeness (QED) is 0.807. The highest BCUT2D eigenvalue weighted by atomic mass is 16.5. The molecule has 1 amide bonds. The fourth-order valence-electron chi connectivity index (χ4n) is 4.01. The van der Waals surface area contributed by atoms with Crippen LogP contribution in [0.4, 0.5) is 0 Å². The summed E-state index contributed by atoms with van der Waals surface area (Å²) in [5.41, 5.74) is 0. The molecule has 3 rings (SSSR count). The molecule has 1 aliphatic heterocycles. The first-order valence-corrected chi connectivity index (χ1v) is 9.97. The molecular formula is C19H32N4O3. The number of amides is 1. The lowest BCUT2D eigenvalue weighted by Crippen LogP contribution is -2.44. The molecule has 1 saturated heterocycles. The van der Waals surface area contributed by atoms with Crippen LogP contribution in [0.1, 0.15) is 83.0 Å². The van der Waals surface area contributed by atoms with Crippen LogP contribution in [0.3, 0.4) is 0 Å². The van der Waals surface area contributed by atoms with Crippen LogP contribution in [0.25, 0.3) is 0 Å². The Balaban J connectivity index is 1.65. The van der Waals surface area contributed by atoms with E-state index in [1.807, 2.05) is 0 Å². The Hall–Kier alpha value is -1.47. The maximum absolute atomic E-state index is 11.3. The van der Waals surface area contributed by atoms with Gasteiger partial charge in [-0.05, 0) is 44.4 Å². The van der Waals surface area contributed by atoms with Crippen molar-refractivity contribution < 1.29 is 14.1 Å². The van der Waals surface area contributed by atoms with Gasteiger partial charge in [-0.1, -0.05) is 19.0 Å². The zero-order chi connectivity index (χ0) is 18.5. The number of nitrogens with one attached hydrogen (secondary N) is 2. The average molecular weight is 364 g/mol. The summed E-state index contributed by atoms with van der Waals surface area (Å²) < 4.78 is 11.2. The van der Waals surface area contributed by atoms with Crippen molar-refractivity contribution in [3.05, 3.63) is 11.7 Å². The molecule has 0 bridgehead atoms. The fraction of sp³-hybridized carbons (Fsp3) is 0.842. The van der Waals surface area contributed by atoms with Crippen LogP contribution in [0.5, 0.6) is 0 Å². The van der Waals surface area contributed by atoms with Gasteiger partial charge in [-0.15, -0.1) is 0 Å². The Morgan fingerprint density at radius 1 is 1.08 bits per heavy atom. The zero-order valence-electron chi connectivity index (χ0n) is 16.2. The zero-order valence-corrected chi connectivity index (χ0v) is 16.2. The molecule has 0 unspecified atom stereocenters. The van der Waals surface area contributed by atoms with E-state index in [4.69, 9.17) is 9.26 Å². The van der Waals surface area contributed by atoms with Gasteiger partial charge in [0.25, 0.3) is 0 Å². The van der Waals surface area contributed by atoms with Crippen LogP contribution in [0.15, 0.2) is 4.52 Å². The van der Waals surface area contributed by atoms with Gasteiger partial charge in [-0.2, -0.15) is 4.98 Å². The predicted molar refractivity (Wildman–Crippen MR) is 97.7 cm³/mol. The number of carbonyl (C=O) groups excluding carboxylic acids is 1. The van der Waals surface area contributed by atoms with E-state index in [0.29, 0.717) is 23.9 Å². The molecule has 146 valence electrons. The lowest BCUT2D eigenvalue weighted by molar-refractivity contribution is -0.119. The maximum Gasteiger partial charge on any atom is 0.244 e. The van der Waals surface area contributed by atoms with E-state index in [1.165, 1.54) is 0 Å². The SMILES string of the molecule is CC(=O)NC1CCC(N[C@H](c2nc(C(C)C)no2)C2CCOCC2)CC1. The number of hydrogen-bond donors (Lipinski definition) is 2. The second-order valence-corrected chi connectivity index (χ2v) is 7.99. The molecule has 7 heteroatoms. The van der Waals surface area contributed by atoms with Gasteiger partial charge in [0.15, 0.2) is 5.82 Å². The molecule has 1 aromatic rings. The minimum Gasteiger partial charge on any atom is -0.381 e. The third kappa shape index (κ3) is 5.04. The van der Waals surface area contributed by atoms with Crippen LogP contribution in [-0.2, 0) is 9.53 Å². The van der Waals surface area contributed by atoms with Gasteiger partial charge in [0.2, 0.25) is 11.8 Å². The summed E-state index contributed by atoms with van der Waals surface area (Å²) in [5, 5.41) is 11.0. The van der Waals surface area contributed by atoms with Crippen LogP contribution >= 0.6 is 0 Å². The van der Waals surface area contributed by atoms with E-state index in [9.17, 15) is 4.79 Å². The van der Waals surface area contributed by atoms with Gasteiger partial charge in [0.1, 0.15) is 0 Å². The number of ether oxygens (including phenoxy) is 1.